The van der Waals surface area contributed by atoms with Gasteiger partial charge in [-0.05, 0) is 47.8 Å². The Kier molecular flexibility index (Phi) is 4.72. The molecular weight excluding hydrogens is 452 g/mol. The number of ether oxygens (including phenoxy) is 3. The molecular formula is C22H19BrN2O3S. The SMILES string of the molecule is COc1ccc(C2=NN3[C@@H](c4cccs4)Oc4ccc(Br)cc4[C@@H]3C2)cc1OC. The molecule has 7 heteroatoms. The molecule has 0 unspecified atom stereocenters. The summed E-state index contributed by atoms with van der Waals surface area (Å²) in [5.74, 6) is 2.32. The van der Waals surface area contributed by atoms with E-state index in [1.807, 2.05) is 36.4 Å². The van der Waals surface area contributed by atoms with Crippen molar-refractivity contribution in [2.45, 2.75) is 18.7 Å². The van der Waals surface area contributed by atoms with Crippen molar-refractivity contribution in [1.29, 1.82) is 0 Å². The van der Waals surface area contributed by atoms with Gasteiger partial charge in [0.1, 0.15) is 5.75 Å². The molecule has 2 aromatic carbocycles. The van der Waals surface area contributed by atoms with Gasteiger partial charge in [0.2, 0.25) is 6.23 Å². The third-order valence-corrected chi connectivity index (χ3v) is 6.65. The normalized spacial score (nSPS) is 19.8. The average Bonchev–Trinajstić information content (AvgIpc) is 3.43. The average molecular weight is 471 g/mol. The van der Waals surface area contributed by atoms with Crippen LogP contribution in [0.1, 0.15) is 34.7 Å². The first-order valence-corrected chi connectivity index (χ1v) is 10.9. The zero-order valence-corrected chi connectivity index (χ0v) is 18.4. The summed E-state index contributed by atoms with van der Waals surface area (Å²) in [6.07, 6.45) is 0.566. The summed E-state index contributed by atoms with van der Waals surface area (Å²) in [6.45, 7) is 0. The van der Waals surface area contributed by atoms with Crippen LogP contribution in [-0.2, 0) is 0 Å². The van der Waals surface area contributed by atoms with Crippen molar-refractivity contribution in [3.63, 3.8) is 0 Å². The van der Waals surface area contributed by atoms with Gasteiger partial charge in [0, 0.05) is 22.0 Å². The molecule has 0 radical (unpaired) electrons. The summed E-state index contributed by atoms with van der Waals surface area (Å²) in [6, 6.07) is 16.4. The molecule has 0 spiro atoms. The Morgan fingerprint density at radius 1 is 1.10 bits per heavy atom. The fraction of sp³-hybridized carbons (Fsp3) is 0.227. The molecule has 148 valence electrons. The third kappa shape index (κ3) is 3.18. The van der Waals surface area contributed by atoms with Crippen LogP contribution in [0.2, 0.25) is 0 Å². The summed E-state index contributed by atoms with van der Waals surface area (Å²) < 4.78 is 18.3. The molecule has 5 nitrogen and oxygen atoms in total. The Morgan fingerprint density at radius 2 is 1.97 bits per heavy atom. The topological polar surface area (TPSA) is 43.3 Å². The number of hydrazone groups is 1. The predicted octanol–water partition coefficient (Wildman–Crippen LogP) is 5.77. The zero-order chi connectivity index (χ0) is 20.0. The van der Waals surface area contributed by atoms with Crippen molar-refractivity contribution in [3.05, 3.63) is 74.4 Å². The van der Waals surface area contributed by atoms with Crippen LogP contribution >= 0.6 is 27.3 Å². The maximum atomic E-state index is 6.37. The van der Waals surface area contributed by atoms with Crippen LogP contribution in [0.4, 0.5) is 0 Å². The summed E-state index contributed by atoms with van der Waals surface area (Å²) in [5, 5.41) is 9.16. The molecule has 0 saturated carbocycles. The maximum Gasteiger partial charge on any atom is 0.222 e. The lowest BCUT2D eigenvalue weighted by Gasteiger charge is -2.37. The van der Waals surface area contributed by atoms with Gasteiger partial charge >= 0.3 is 0 Å². The van der Waals surface area contributed by atoms with E-state index >= 15 is 0 Å². The van der Waals surface area contributed by atoms with Crippen LogP contribution in [-0.4, -0.2) is 24.9 Å². The van der Waals surface area contributed by atoms with Crippen LogP contribution < -0.4 is 14.2 Å². The van der Waals surface area contributed by atoms with Crippen LogP contribution in [0.15, 0.2) is 63.5 Å². The molecule has 0 fully saturated rings. The molecule has 0 saturated heterocycles. The van der Waals surface area contributed by atoms with Gasteiger partial charge < -0.3 is 14.2 Å². The van der Waals surface area contributed by atoms with Crippen molar-refractivity contribution in [1.82, 2.24) is 5.01 Å². The number of hydrogen-bond donors (Lipinski definition) is 0. The number of halogens is 1. The van der Waals surface area contributed by atoms with Crippen molar-refractivity contribution < 1.29 is 14.2 Å². The van der Waals surface area contributed by atoms with E-state index in [1.54, 1.807) is 25.6 Å². The van der Waals surface area contributed by atoms with Crippen molar-refractivity contribution in [2.24, 2.45) is 5.10 Å². The van der Waals surface area contributed by atoms with Crippen LogP contribution in [0.5, 0.6) is 17.2 Å². The van der Waals surface area contributed by atoms with Crippen LogP contribution in [0.25, 0.3) is 0 Å². The van der Waals surface area contributed by atoms with Gasteiger partial charge in [-0.2, -0.15) is 5.10 Å². The predicted molar refractivity (Wildman–Crippen MR) is 117 cm³/mol. The van der Waals surface area contributed by atoms with Gasteiger partial charge in [0.15, 0.2) is 11.5 Å². The number of benzene rings is 2. The summed E-state index contributed by atoms with van der Waals surface area (Å²) in [4.78, 5) is 1.14. The first-order chi connectivity index (χ1) is 14.2. The molecule has 2 aliphatic rings. The Balaban J connectivity index is 1.58. The molecule has 1 aromatic heterocycles. The minimum Gasteiger partial charge on any atom is -0.493 e. The van der Waals surface area contributed by atoms with Crippen LogP contribution in [0, 0.1) is 0 Å². The molecule has 2 atom stereocenters. The molecule has 5 rings (SSSR count). The second kappa shape index (κ2) is 7.39. The largest absolute Gasteiger partial charge is 0.493 e. The Labute approximate surface area is 181 Å². The molecule has 0 amide bonds. The quantitative estimate of drug-likeness (QED) is 0.485. The van der Waals surface area contributed by atoms with E-state index in [0.717, 1.165) is 38.4 Å². The minimum absolute atomic E-state index is 0.117. The summed E-state index contributed by atoms with van der Waals surface area (Å²) >= 11 is 5.28. The Bertz CT molecular complexity index is 1080. The number of methoxy groups -OCH3 is 2. The van der Waals surface area contributed by atoms with E-state index in [9.17, 15) is 0 Å². The molecule has 3 heterocycles. The van der Waals surface area contributed by atoms with Crippen molar-refractivity contribution in [3.8, 4) is 17.2 Å². The summed E-state index contributed by atoms with van der Waals surface area (Å²) in [5.41, 5.74) is 3.18. The number of fused-ring (bicyclic) bond motifs is 3. The van der Waals surface area contributed by atoms with E-state index in [2.05, 4.69) is 38.5 Å². The van der Waals surface area contributed by atoms with Crippen molar-refractivity contribution >= 4 is 33.0 Å². The highest BCUT2D eigenvalue weighted by atomic mass is 79.9. The lowest BCUT2D eigenvalue weighted by atomic mass is 9.96. The monoisotopic (exact) mass is 470 g/mol. The van der Waals surface area contributed by atoms with Crippen LogP contribution in [0.3, 0.4) is 0 Å². The number of nitrogens with zero attached hydrogens (tertiary/aromatic N) is 2. The number of rotatable bonds is 4. The highest BCUT2D eigenvalue weighted by Crippen LogP contribution is 2.49. The van der Waals surface area contributed by atoms with E-state index in [1.165, 1.54) is 0 Å². The van der Waals surface area contributed by atoms with Gasteiger partial charge in [-0.1, -0.05) is 22.0 Å². The summed E-state index contributed by atoms with van der Waals surface area (Å²) in [7, 11) is 3.29. The zero-order valence-electron chi connectivity index (χ0n) is 16.0. The minimum atomic E-state index is -0.230. The molecule has 0 bridgehead atoms. The van der Waals surface area contributed by atoms with E-state index in [4.69, 9.17) is 19.3 Å². The first kappa shape index (κ1) is 18.5. The van der Waals surface area contributed by atoms with Gasteiger partial charge in [-0.15, -0.1) is 11.3 Å². The molecule has 2 aliphatic heterocycles. The number of hydrogen-bond acceptors (Lipinski definition) is 6. The highest BCUT2D eigenvalue weighted by Gasteiger charge is 2.41. The van der Waals surface area contributed by atoms with Gasteiger partial charge in [-0.3, -0.25) is 0 Å². The Hall–Kier alpha value is -2.51. The third-order valence-electron chi connectivity index (χ3n) is 5.26. The molecule has 0 N–H and O–H groups in total. The molecule has 29 heavy (non-hydrogen) atoms. The smallest absolute Gasteiger partial charge is 0.222 e. The second-order valence-corrected chi connectivity index (χ2v) is 8.78. The number of thiophene rings is 1. The lowest BCUT2D eigenvalue weighted by molar-refractivity contribution is -0.0166. The lowest BCUT2D eigenvalue weighted by Crippen LogP contribution is -2.33. The molecule has 3 aromatic rings. The fourth-order valence-electron chi connectivity index (χ4n) is 3.87. The Morgan fingerprint density at radius 3 is 2.72 bits per heavy atom. The van der Waals surface area contributed by atoms with Gasteiger partial charge in [0.25, 0.3) is 0 Å². The van der Waals surface area contributed by atoms with E-state index in [0.29, 0.717) is 11.5 Å². The highest BCUT2D eigenvalue weighted by molar-refractivity contribution is 9.10. The molecule has 0 aliphatic carbocycles. The fourth-order valence-corrected chi connectivity index (χ4v) is 4.99. The first-order valence-electron chi connectivity index (χ1n) is 9.25. The van der Waals surface area contributed by atoms with E-state index in [-0.39, 0.29) is 12.3 Å². The maximum absolute atomic E-state index is 6.37. The van der Waals surface area contributed by atoms with Crippen molar-refractivity contribution in [2.75, 3.05) is 14.2 Å². The second-order valence-electron chi connectivity index (χ2n) is 6.88. The van der Waals surface area contributed by atoms with E-state index < -0.39 is 0 Å². The van der Waals surface area contributed by atoms with Gasteiger partial charge in [0.05, 0.1) is 30.9 Å². The van der Waals surface area contributed by atoms with Gasteiger partial charge in [-0.25, -0.2) is 5.01 Å². The standard InChI is InChI=1S/C22H19BrN2O3S/c1-26-19-7-5-13(10-20(19)27-2)16-12-17-15-11-14(23)6-8-18(15)28-22(25(17)24-16)21-4-3-9-29-21/h3-11,17,22H,12H2,1-2H3/t17-,22+/m0/s1.